The van der Waals surface area contributed by atoms with E-state index in [2.05, 4.69) is 15.0 Å². The number of pyridine rings is 1. The maximum Gasteiger partial charge on any atom is 0.573 e. The van der Waals surface area contributed by atoms with Crippen LogP contribution in [0.1, 0.15) is 33.3 Å². The molecule has 0 fully saturated rings. The van der Waals surface area contributed by atoms with Gasteiger partial charge in [0.05, 0.1) is 12.1 Å². The van der Waals surface area contributed by atoms with Gasteiger partial charge in [0.1, 0.15) is 22.8 Å². The number of alkyl halides is 3. The van der Waals surface area contributed by atoms with Crippen LogP contribution in [-0.4, -0.2) is 30.1 Å². The van der Waals surface area contributed by atoms with Crippen LogP contribution in [0.5, 0.6) is 23.0 Å². The monoisotopic (exact) mass is 512 g/mol. The maximum atomic E-state index is 14.9. The summed E-state index contributed by atoms with van der Waals surface area (Å²) >= 11 is 5.86. The van der Waals surface area contributed by atoms with Gasteiger partial charge in [-0.25, -0.2) is 4.39 Å². The molecule has 184 valence electrons. The summed E-state index contributed by atoms with van der Waals surface area (Å²) in [7, 11) is 1.18. The smallest absolute Gasteiger partial charge is 0.493 e. The van der Waals surface area contributed by atoms with E-state index in [4.69, 9.17) is 21.1 Å². The van der Waals surface area contributed by atoms with Crippen LogP contribution in [0.4, 0.5) is 23.2 Å². The van der Waals surface area contributed by atoms with E-state index < -0.39 is 29.4 Å². The Morgan fingerprint density at radius 2 is 1.74 bits per heavy atom. The first-order valence-electron chi connectivity index (χ1n) is 9.78. The minimum atomic E-state index is -4.93. The van der Waals surface area contributed by atoms with Crippen LogP contribution in [0.3, 0.4) is 0 Å². The summed E-state index contributed by atoms with van der Waals surface area (Å²) < 4.78 is 67.0. The van der Waals surface area contributed by atoms with Crippen molar-refractivity contribution in [3.8, 4) is 23.0 Å². The van der Waals surface area contributed by atoms with Crippen LogP contribution in [-0.2, 0) is 0 Å². The zero-order valence-corrected chi connectivity index (χ0v) is 19.2. The Morgan fingerprint density at radius 1 is 1.06 bits per heavy atom. The number of hydrogen-bond acceptors (Lipinski definition) is 6. The van der Waals surface area contributed by atoms with Gasteiger partial charge in [0, 0.05) is 24.9 Å². The first-order valence-corrected chi connectivity index (χ1v) is 10.2. The second-order valence-electron chi connectivity index (χ2n) is 7.09. The highest BCUT2D eigenvalue weighted by Crippen LogP contribution is 2.39. The van der Waals surface area contributed by atoms with Crippen molar-refractivity contribution in [2.75, 3.05) is 12.4 Å². The van der Waals surface area contributed by atoms with Gasteiger partial charge in [-0.1, -0.05) is 11.6 Å². The number of hydrogen-bond donors (Lipinski definition) is 1. The standard InChI is InChI=1S/C23H17ClF4N2O5/c1-11-10-29-16(12(2)31)9-15(11)30-22(32)20-18(7-5-14(24)21(20)25)34-17-6-4-13(8-19(17)33-3)35-23(26,27)28/h4-10H,1-3H3,(H,29,30,32). The van der Waals surface area contributed by atoms with Gasteiger partial charge < -0.3 is 19.5 Å². The highest BCUT2D eigenvalue weighted by atomic mass is 35.5. The molecule has 1 N–H and O–H groups in total. The molecule has 0 aliphatic carbocycles. The molecular formula is C23H17ClF4N2O5. The van der Waals surface area contributed by atoms with Crippen LogP contribution in [0.15, 0.2) is 42.6 Å². The van der Waals surface area contributed by atoms with E-state index in [1.165, 1.54) is 32.4 Å². The Kier molecular flexibility index (Phi) is 7.49. The number of benzene rings is 2. The average Bonchev–Trinajstić information content (AvgIpc) is 2.77. The molecule has 7 nitrogen and oxygen atoms in total. The Hall–Kier alpha value is -3.86. The van der Waals surface area contributed by atoms with Gasteiger partial charge in [-0.05, 0) is 42.8 Å². The summed E-state index contributed by atoms with van der Waals surface area (Å²) in [5, 5.41) is 2.12. The van der Waals surface area contributed by atoms with E-state index in [0.717, 1.165) is 24.3 Å². The second-order valence-corrected chi connectivity index (χ2v) is 7.50. The van der Waals surface area contributed by atoms with Gasteiger partial charge >= 0.3 is 6.36 Å². The van der Waals surface area contributed by atoms with Gasteiger partial charge in [0.15, 0.2) is 23.1 Å². The highest BCUT2D eigenvalue weighted by Gasteiger charge is 2.31. The maximum absolute atomic E-state index is 14.9. The summed E-state index contributed by atoms with van der Waals surface area (Å²) in [6.45, 7) is 2.91. The number of halogens is 5. The number of anilines is 1. The Balaban J connectivity index is 1.98. The third-order valence-electron chi connectivity index (χ3n) is 4.58. The zero-order valence-electron chi connectivity index (χ0n) is 18.4. The molecule has 0 aliphatic heterocycles. The third kappa shape index (κ3) is 6.18. The Morgan fingerprint density at radius 3 is 2.37 bits per heavy atom. The molecule has 0 saturated carbocycles. The van der Waals surface area contributed by atoms with E-state index in [-0.39, 0.29) is 39.4 Å². The number of amides is 1. The quantitative estimate of drug-likeness (QED) is 0.294. The SMILES string of the molecule is COc1cc(OC(F)(F)F)ccc1Oc1ccc(Cl)c(F)c1C(=O)Nc1cc(C(C)=O)ncc1C. The fourth-order valence-electron chi connectivity index (χ4n) is 2.91. The molecule has 12 heteroatoms. The molecule has 0 radical (unpaired) electrons. The average molecular weight is 513 g/mol. The lowest BCUT2D eigenvalue weighted by Crippen LogP contribution is -2.17. The summed E-state index contributed by atoms with van der Waals surface area (Å²) in [5.74, 6) is -3.58. The van der Waals surface area contributed by atoms with E-state index in [0.29, 0.717) is 5.56 Å². The topological polar surface area (TPSA) is 86.8 Å². The van der Waals surface area contributed by atoms with Crippen molar-refractivity contribution in [1.82, 2.24) is 4.98 Å². The molecule has 1 heterocycles. The largest absolute Gasteiger partial charge is 0.573 e. The van der Waals surface area contributed by atoms with Crippen molar-refractivity contribution in [3.05, 3.63) is 70.3 Å². The first-order chi connectivity index (χ1) is 16.4. The predicted octanol–water partition coefficient (Wildman–Crippen LogP) is 6.34. The van der Waals surface area contributed by atoms with Crippen LogP contribution in [0.2, 0.25) is 5.02 Å². The number of ketones is 1. The van der Waals surface area contributed by atoms with E-state index in [1.807, 2.05) is 0 Å². The number of ether oxygens (including phenoxy) is 3. The zero-order chi connectivity index (χ0) is 25.9. The molecule has 0 spiro atoms. The number of nitrogens with zero attached hydrogens (tertiary/aromatic N) is 1. The lowest BCUT2D eigenvalue weighted by molar-refractivity contribution is -0.274. The lowest BCUT2D eigenvalue weighted by atomic mass is 10.1. The second kappa shape index (κ2) is 10.2. The van der Waals surface area contributed by atoms with Crippen LogP contribution in [0, 0.1) is 12.7 Å². The van der Waals surface area contributed by atoms with Crippen LogP contribution < -0.4 is 19.5 Å². The summed E-state index contributed by atoms with van der Waals surface area (Å²) in [6, 6.07) is 6.66. The summed E-state index contributed by atoms with van der Waals surface area (Å²) in [6.07, 6.45) is -3.56. The number of carbonyl (C=O) groups excluding carboxylic acids is 2. The molecule has 1 amide bonds. The van der Waals surface area contributed by atoms with Crippen LogP contribution in [0.25, 0.3) is 0 Å². The van der Waals surface area contributed by atoms with Crippen molar-refractivity contribution in [1.29, 1.82) is 0 Å². The fraction of sp³-hybridized carbons (Fsp3) is 0.174. The van der Waals surface area contributed by atoms with E-state index >= 15 is 0 Å². The molecule has 3 rings (SSSR count). The lowest BCUT2D eigenvalue weighted by Gasteiger charge is -2.16. The third-order valence-corrected chi connectivity index (χ3v) is 4.88. The number of aryl methyl sites for hydroxylation is 1. The minimum Gasteiger partial charge on any atom is -0.493 e. The molecule has 0 aliphatic rings. The van der Waals surface area contributed by atoms with Crippen molar-refractivity contribution in [2.45, 2.75) is 20.2 Å². The molecule has 35 heavy (non-hydrogen) atoms. The van der Waals surface area contributed by atoms with Crippen molar-refractivity contribution < 1.29 is 41.4 Å². The molecule has 0 unspecified atom stereocenters. The van der Waals surface area contributed by atoms with Crippen molar-refractivity contribution in [3.63, 3.8) is 0 Å². The molecule has 1 aromatic heterocycles. The number of carbonyl (C=O) groups is 2. The summed E-state index contributed by atoms with van der Waals surface area (Å²) in [5.41, 5.74) is 0.192. The van der Waals surface area contributed by atoms with Gasteiger partial charge in [-0.2, -0.15) is 0 Å². The summed E-state index contributed by atoms with van der Waals surface area (Å²) in [4.78, 5) is 28.6. The molecule has 2 aromatic carbocycles. The minimum absolute atomic E-state index is 0.0832. The molecule has 0 bridgehead atoms. The van der Waals surface area contributed by atoms with Crippen molar-refractivity contribution in [2.24, 2.45) is 0 Å². The number of aromatic nitrogens is 1. The van der Waals surface area contributed by atoms with Gasteiger partial charge in [0.25, 0.3) is 5.91 Å². The number of nitrogens with one attached hydrogen (secondary N) is 1. The van der Waals surface area contributed by atoms with Gasteiger partial charge in [0.2, 0.25) is 0 Å². The Labute approximate surface area is 201 Å². The normalized spacial score (nSPS) is 11.1. The number of rotatable bonds is 7. The highest BCUT2D eigenvalue weighted by molar-refractivity contribution is 6.31. The molecule has 0 atom stereocenters. The molecule has 3 aromatic rings. The van der Waals surface area contributed by atoms with Gasteiger partial charge in [-0.3, -0.25) is 14.6 Å². The van der Waals surface area contributed by atoms with Gasteiger partial charge in [-0.15, -0.1) is 13.2 Å². The Bertz CT molecular complexity index is 1300. The number of Topliss-reactive ketones (excluding diaryl/α,β-unsaturated/α-hetero) is 1. The fourth-order valence-corrected chi connectivity index (χ4v) is 3.07. The van der Waals surface area contributed by atoms with Crippen molar-refractivity contribution >= 4 is 29.0 Å². The predicted molar refractivity (Wildman–Crippen MR) is 118 cm³/mol. The van der Waals surface area contributed by atoms with E-state index in [9.17, 15) is 27.2 Å². The number of methoxy groups -OCH3 is 1. The van der Waals surface area contributed by atoms with E-state index in [1.54, 1.807) is 6.92 Å². The molecular weight excluding hydrogens is 496 g/mol. The van der Waals surface area contributed by atoms with Crippen LogP contribution >= 0.6 is 11.6 Å². The molecule has 0 saturated heterocycles. The first kappa shape index (κ1) is 25.8.